The van der Waals surface area contributed by atoms with Crippen LogP contribution in [0.4, 0.5) is 0 Å². The van der Waals surface area contributed by atoms with E-state index in [4.69, 9.17) is 15.3 Å². The lowest BCUT2D eigenvalue weighted by atomic mass is 10.1. The number of carbonyl (C=O) groups is 3. The molecule has 0 bridgehead atoms. The van der Waals surface area contributed by atoms with E-state index in [0.29, 0.717) is 45.9 Å². The van der Waals surface area contributed by atoms with Gasteiger partial charge in [0.2, 0.25) is 12.8 Å². The van der Waals surface area contributed by atoms with E-state index in [2.05, 4.69) is 9.47 Å². The minimum absolute atomic E-state index is 0.160. The average Bonchev–Trinajstić information content (AvgIpc) is 2.90. The van der Waals surface area contributed by atoms with Gasteiger partial charge in [-0.3, -0.25) is 24.4 Å². The number of hydrazine groups is 2. The van der Waals surface area contributed by atoms with Gasteiger partial charge in [0.15, 0.2) is 0 Å². The van der Waals surface area contributed by atoms with Crippen molar-refractivity contribution in [2.75, 3.05) is 39.5 Å². The molecule has 0 aromatic carbocycles. The smallest absolute Gasteiger partial charge is 0.305 e. The molecule has 0 aliphatic rings. The first kappa shape index (κ1) is 34.0. The molecule has 0 atom stereocenters. The topological polar surface area (TPSA) is 136 Å². The lowest BCUT2D eigenvalue weighted by molar-refractivity contribution is -0.186. The van der Waals surface area contributed by atoms with Crippen molar-refractivity contribution in [1.29, 1.82) is 10.5 Å². The number of carbonyl (C=O) groups excluding carboxylic acids is 3. The third kappa shape index (κ3) is 19.8. The molecule has 0 aliphatic carbocycles. The van der Waals surface area contributed by atoms with Gasteiger partial charge >= 0.3 is 5.97 Å². The van der Waals surface area contributed by atoms with Crippen molar-refractivity contribution in [2.24, 2.45) is 0 Å². The van der Waals surface area contributed by atoms with Crippen LogP contribution < -0.4 is 0 Å². The molecule has 2 amide bonds. The summed E-state index contributed by atoms with van der Waals surface area (Å²) < 4.78 is 14.3. The Labute approximate surface area is 222 Å². The van der Waals surface area contributed by atoms with E-state index in [1.165, 1.54) is 0 Å². The Balaban J connectivity index is 4.67. The molecule has 11 nitrogen and oxygen atoms in total. The SMILES string of the molecule is CCOC(=O)CCCCCCCN(N(C=O)CCCCCCOC#N)N(C=O)CCCCCCOC#N. The number of hydrogen-bond donors (Lipinski definition) is 0. The second-order valence-corrected chi connectivity index (χ2v) is 8.66. The molecule has 0 radical (unpaired) electrons. The van der Waals surface area contributed by atoms with Gasteiger partial charge in [0.25, 0.3) is 12.5 Å². The minimum atomic E-state index is -0.160. The molecule has 0 unspecified atom stereocenters. The fourth-order valence-corrected chi connectivity index (χ4v) is 3.83. The zero-order chi connectivity index (χ0) is 27.4. The van der Waals surface area contributed by atoms with Crippen LogP contribution in [0, 0.1) is 23.0 Å². The second kappa shape index (κ2) is 26.0. The van der Waals surface area contributed by atoms with Crippen LogP contribution in [0.25, 0.3) is 0 Å². The monoisotopic (exact) mass is 523 g/mol. The Morgan fingerprint density at radius 3 is 1.57 bits per heavy atom. The minimum Gasteiger partial charge on any atom is -0.466 e. The maximum Gasteiger partial charge on any atom is 0.305 e. The first-order valence-corrected chi connectivity index (χ1v) is 13.5. The van der Waals surface area contributed by atoms with E-state index >= 15 is 0 Å². The Morgan fingerprint density at radius 2 is 1.11 bits per heavy atom. The number of amides is 2. The Hall–Kier alpha value is -3.05. The number of unbranched alkanes of at least 4 members (excludes halogenated alkanes) is 10. The fourth-order valence-electron chi connectivity index (χ4n) is 3.83. The molecule has 37 heavy (non-hydrogen) atoms. The van der Waals surface area contributed by atoms with E-state index in [0.717, 1.165) is 96.3 Å². The van der Waals surface area contributed by atoms with Gasteiger partial charge in [0.05, 0.1) is 6.61 Å². The van der Waals surface area contributed by atoms with Crippen LogP contribution in [-0.4, -0.2) is 73.4 Å². The van der Waals surface area contributed by atoms with Gasteiger partial charge in [-0.15, -0.1) is 5.12 Å². The average molecular weight is 524 g/mol. The van der Waals surface area contributed by atoms with E-state index in [9.17, 15) is 14.4 Å². The van der Waals surface area contributed by atoms with Gasteiger partial charge in [-0.25, -0.2) is 0 Å². The van der Waals surface area contributed by atoms with E-state index in [-0.39, 0.29) is 5.97 Å². The van der Waals surface area contributed by atoms with Gasteiger partial charge in [-0.1, -0.05) is 32.1 Å². The first-order valence-electron chi connectivity index (χ1n) is 13.5. The fraction of sp³-hybridized carbons (Fsp3) is 0.808. The normalized spacial score (nSPS) is 10.3. The van der Waals surface area contributed by atoms with Crippen molar-refractivity contribution in [1.82, 2.24) is 15.1 Å². The zero-order valence-corrected chi connectivity index (χ0v) is 22.5. The van der Waals surface area contributed by atoms with E-state index < -0.39 is 0 Å². The van der Waals surface area contributed by atoms with Crippen molar-refractivity contribution >= 4 is 18.8 Å². The number of rotatable bonds is 27. The highest BCUT2D eigenvalue weighted by Crippen LogP contribution is 2.12. The summed E-state index contributed by atoms with van der Waals surface area (Å²) >= 11 is 0. The maximum absolute atomic E-state index is 11.9. The highest BCUT2D eigenvalue weighted by Gasteiger charge is 2.20. The van der Waals surface area contributed by atoms with Crippen LogP contribution in [0.1, 0.15) is 96.8 Å². The zero-order valence-electron chi connectivity index (χ0n) is 22.5. The van der Waals surface area contributed by atoms with Crippen molar-refractivity contribution in [3.8, 4) is 12.5 Å². The Morgan fingerprint density at radius 1 is 0.676 bits per heavy atom. The number of hydrogen-bond acceptors (Lipinski definition) is 9. The Kier molecular flexibility index (Phi) is 23.9. The van der Waals surface area contributed by atoms with Gasteiger partial charge in [0.1, 0.15) is 13.2 Å². The summed E-state index contributed by atoms with van der Waals surface area (Å²) in [5.41, 5.74) is 0. The molecule has 0 saturated heterocycles. The summed E-state index contributed by atoms with van der Waals surface area (Å²) in [6, 6.07) is 0. The standard InChI is InChI=1S/C26H45N5O6/c1-2-37-26(34)16-10-4-3-5-13-19-31(29(24-32)17-11-6-8-14-20-35-22-27)30(25-33)18-12-7-9-15-21-36-23-28/h24-25H,2-21H2,1H3. The summed E-state index contributed by atoms with van der Waals surface area (Å²) in [6.45, 7) is 4.55. The Bertz CT molecular complexity index is 627. The molecule has 0 saturated carbocycles. The quantitative estimate of drug-likeness (QED) is 0.0513. The first-order chi connectivity index (χ1) is 18.1. The molecule has 0 heterocycles. The van der Waals surface area contributed by atoms with E-state index in [1.54, 1.807) is 34.6 Å². The summed E-state index contributed by atoms with van der Waals surface area (Å²) in [5.74, 6) is -0.160. The molecule has 0 spiro atoms. The van der Waals surface area contributed by atoms with Crippen LogP contribution in [0.2, 0.25) is 0 Å². The van der Waals surface area contributed by atoms with Gasteiger partial charge < -0.3 is 14.2 Å². The lowest BCUT2D eigenvalue weighted by Crippen LogP contribution is -2.53. The predicted octanol–water partition coefficient (Wildman–Crippen LogP) is 4.06. The highest BCUT2D eigenvalue weighted by atomic mass is 16.5. The molecule has 210 valence electrons. The van der Waals surface area contributed by atoms with Crippen LogP contribution in [0.3, 0.4) is 0 Å². The van der Waals surface area contributed by atoms with Gasteiger partial charge in [-0.2, -0.15) is 10.5 Å². The molecule has 0 rings (SSSR count). The number of nitriles is 2. The van der Waals surface area contributed by atoms with Crippen molar-refractivity contribution in [3.05, 3.63) is 0 Å². The molecule has 0 aliphatic heterocycles. The lowest BCUT2D eigenvalue weighted by Gasteiger charge is -2.38. The maximum atomic E-state index is 11.9. The molecule has 0 aromatic rings. The molecule has 0 aromatic heterocycles. The molecular formula is C26H45N5O6. The molecule has 0 N–H and O–H groups in total. The van der Waals surface area contributed by atoms with E-state index in [1.807, 2.05) is 0 Å². The number of ether oxygens (including phenoxy) is 3. The number of esters is 1. The van der Waals surface area contributed by atoms with Crippen LogP contribution in [0.5, 0.6) is 0 Å². The summed E-state index contributed by atoms with van der Waals surface area (Å²) in [6.07, 6.45) is 16.4. The van der Waals surface area contributed by atoms with Crippen molar-refractivity contribution in [3.63, 3.8) is 0 Å². The van der Waals surface area contributed by atoms with Crippen LogP contribution in [0.15, 0.2) is 0 Å². The van der Waals surface area contributed by atoms with Crippen molar-refractivity contribution in [2.45, 2.75) is 96.8 Å². The third-order valence-corrected chi connectivity index (χ3v) is 5.78. The van der Waals surface area contributed by atoms with Gasteiger partial charge in [-0.05, 0) is 58.3 Å². The van der Waals surface area contributed by atoms with Crippen LogP contribution in [-0.2, 0) is 28.6 Å². The predicted molar refractivity (Wildman–Crippen MR) is 137 cm³/mol. The molecule has 0 fully saturated rings. The highest BCUT2D eigenvalue weighted by molar-refractivity contribution is 5.69. The largest absolute Gasteiger partial charge is 0.466 e. The second-order valence-electron chi connectivity index (χ2n) is 8.66. The number of nitrogens with zero attached hydrogens (tertiary/aromatic N) is 5. The summed E-state index contributed by atoms with van der Waals surface area (Å²) in [5, 5.41) is 21.7. The summed E-state index contributed by atoms with van der Waals surface area (Å²) in [7, 11) is 0. The third-order valence-electron chi connectivity index (χ3n) is 5.78. The molecule has 11 heteroatoms. The van der Waals surface area contributed by atoms with Crippen LogP contribution >= 0.6 is 0 Å². The summed E-state index contributed by atoms with van der Waals surface area (Å²) in [4.78, 5) is 35.3. The molecular weight excluding hydrogens is 478 g/mol. The van der Waals surface area contributed by atoms with Gasteiger partial charge in [0, 0.05) is 26.1 Å². The van der Waals surface area contributed by atoms with Crippen molar-refractivity contribution < 1.29 is 28.6 Å².